The van der Waals surface area contributed by atoms with E-state index in [1.54, 1.807) is 0 Å². The molecule has 1 atom stereocenters. The summed E-state index contributed by atoms with van der Waals surface area (Å²) >= 11 is 2.24. The van der Waals surface area contributed by atoms with Crippen molar-refractivity contribution in [3.8, 4) is 0 Å². The fourth-order valence-electron chi connectivity index (χ4n) is 1.72. The Labute approximate surface area is 90.6 Å². The molecule has 2 N–H and O–H groups in total. The smallest absolute Gasteiger partial charge is 0.163 e. The summed E-state index contributed by atoms with van der Waals surface area (Å²) in [6, 6.07) is 5.83. The van der Waals surface area contributed by atoms with Crippen LogP contribution in [0, 0.1) is 3.57 Å². The van der Waals surface area contributed by atoms with Gasteiger partial charge in [0.15, 0.2) is 5.78 Å². The summed E-state index contributed by atoms with van der Waals surface area (Å²) in [7, 11) is 0. The molecule has 1 aliphatic carbocycles. The van der Waals surface area contributed by atoms with Crippen LogP contribution < -0.4 is 5.73 Å². The van der Waals surface area contributed by atoms with Crippen molar-refractivity contribution in [3.05, 3.63) is 32.9 Å². The summed E-state index contributed by atoms with van der Waals surface area (Å²) in [6.07, 6.45) is 1.38. The van der Waals surface area contributed by atoms with Crippen LogP contribution in [0.5, 0.6) is 0 Å². The van der Waals surface area contributed by atoms with Gasteiger partial charge in [-0.05, 0) is 40.6 Å². The van der Waals surface area contributed by atoms with Crippen molar-refractivity contribution in [1.82, 2.24) is 0 Å². The normalized spacial score (nSPS) is 21.4. The van der Waals surface area contributed by atoms with Crippen LogP contribution in [0.1, 0.15) is 34.8 Å². The first-order valence-electron chi connectivity index (χ1n) is 4.27. The van der Waals surface area contributed by atoms with Crippen LogP contribution in [0.25, 0.3) is 0 Å². The zero-order valence-corrected chi connectivity index (χ0v) is 9.24. The molecule has 0 aliphatic heterocycles. The zero-order chi connectivity index (χ0) is 9.42. The van der Waals surface area contributed by atoms with Crippen molar-refractivity contribution >= 4 is 28.4 Å². The number of Topliss-reactive ketones (excluding diaryl/α,β-unsaturated/α-hetero) is 1. The molecule has 0 heterocycles. The highest BCUT2D eigenvalue weighted by atomic mass is 127. The molecule has 3 heteroatoms. The number of carbonyl (C=O) groups is 1. The van der Waals surface area contributed by atoms with Gasteiger partial charge in [0.05, 0.1) is 0 Å². The molecular weight excluding hydrogens is 277 g/mol. The SMILES string of the molecule is NC1CCC(=O)c2cccc(I)c21. The first kappa shape index (κ1) is 9.15. The highest BCUT2D eigenvalue weighted by Crippen LogP contribution is 2.31. The molecule has 1 aromatic carbocycles. The van der Waals surface area contributed by atoms with E-state index >= 15 is 0 Å². The summed E-state index contributed by atoms with van der Waals surface area (Å²) in [5.74, 6) is 0.232. The highest BCUT2D eigenvalue weighted by molar-refractivity contribution is 14.1. The summed E-state index contributed by atoms with van der Waals surface area (Å²) in [4.78, 5) is 11.5. The van der Waals surface area contributed by atoms with E-state index in [2.05, 4.69) is 22.6 Å². The van der Waals surface area contributed by atoms with Gasteiger partial charge in [-0.15, -0.1) is 0 Å². The largest absolute Gasteiger partial charge is 0.324 e. The second-order valence-corrected chi connectivity index (χ2v) is 4.43. The van der Waals surface area contributed by atoms with E-state index in [1.807, 2.05) is 18.2 Å². The van der Waals surface area contributed by atoms with Crippen LogP contribution >= 0.6 is 22.6 Å². The minimum atomic E-state index is 0.0424. The van der Waals surface area contributed by atoms with Crippen molar-refractivity contribution < 1.29 is 4.79 Å². The molecule has 0 radical (unpaired) electrons. The van der Waals surface area contributed by atoms with Crippen LogP contribution in [0.4, 0.5) is 0 Å². The maximum Gasteiger partial charge on any atom is 0.163 e. The van der Waals surface area contributed by atoms with Gasteiger partial charge in [0.25, 0.3) is 0 Å². The molecule has 0 bridgehead atoms. The van der Waals surface area contributed by atoms with Crippen molar-refractivity contribution in [2.75, 3.05) is 0 Å². The van der Waals surface area contributed by atoms with Crippen LogP contribution in [-0.2, 0) is 0 Å². The zero-order valence-electron chi connectivity index (χ0n) is 7.09. The minimum Gasteiger partial charge on any atom is -0.324 e. The van der Waals surface area contributed by atoms with E-state index in [0.717, 1.165) is 21.1 Å². The number of halogens is 1. The van der Waals surface area contributed by atoms with Gasteiger partial charge in [0.2, 0.25) is 0 Å². The third-order valence-electron chi connectivity index (χ3n) is 2.41. The Hall–Kier alpha value is -0.420. The van der Waals surface area contributed by atoms with Gasteiger partial charge in [-0.1, -0.05) is 12.1 Å². The Morgan fingerprint density at radius 3 is 2.92 bits per heavy atom. The molecule has 2 nitrogen and oxygen atoms in total. The summed E-state index contributed by atoms with van der Waals surface area (Å²) in [5.41, 5.74) is 7.82. The van der Waals surface area contributed by atoms with Crippen molar-refractivity contribution in [2.24, 2.45) is 5.73 Å². The second-order valence-electron chi connectivity index (χ2n) is 3.27. The average molecular weight is 287 g/mol. The summed E-state index contributed by atoms with van der Waals surface area (Å²) in [6.45, 7) is 0. The van der Waals surface area contributed by atoms with Gasteiger partial charge in [-0.25, -0.2) is 0 Å². The Kier molecular flexibility index (Phi) is 2.38. The third kappa shape index (κ3) is 1.50. The number of ketones is 1. The third-order valence-corrected chi connectivity index (χ3v) is 3.35. The van der Waals surface area contributed by atoms with Gasteiger partial charge in [-0.2, -0.15) is 0 Å². The second kappa shape index (κ2) is 3.38. The molecule has 1 aliphatic rings. The lowest BCUT2D eigenvalue weighted by Crippen LogP contribution is -2.22. The Bertz CT molecular complexity index is 362. The number of nitrogens with two attached hydrogens (primary N) is 1. The highest BCUT2D eigenvalue weighted by Gasteiger charge is 2.24. The molecule has 1 unspecified atom stereocenters. The molecule has 68 valence electrons. The maximum absolute atomic E-state index is 11.5. The molecule has 0 amide bonds. The molecule has 0 saturated heterocycles. The standard InChI is InChI=1S/C10H10INO/c11-7-3-1-2-6-9(13)5-4-8(12)10(6)7/h1-3,8H,4-5,12H2. The van der Waals surface area contributed by atoms with E-state index in [0.29, 0.717) is 6.42 Å². The fourth-order valence-corrected chi connectivity index (χ4v) is 2.62. The lowest BCUT2D eigenvalue weighted by molar-refractivity contribution is 0.0967. The van der Waals surface area contributed by atoms with Gasteiger partial charge in [0.1, 0.15) is 0 Å². The number of fused-ring (bicyclic) bond motifs is 1. The van der Waals surface area contributed by atoms with E-state index in [9.17, 15) is 4.79 Å². The molecule has 0 aromatic heterocycles. The summed E-state index contributed by atoms with van der Waals surface area (Å²) in [5, 5.41) is 0. The number of hydrogen-bond acceptors (Lipinski definition) is 2. The molecular formula is C10H10INO. The molecule has 1 aromatic rings. The maximum atomic E-state index is 11.5. The van der Waals surface area contributed by atoms with Crippen LogP contribution in [0.2, 0.25) is 0 Å². The number of hydrogen-bond donors (Lipinski definition) is 1. The topological polar surface area (TPSA) is 43.1 Å². The molecule has 0 saturated carbocycles. The van der Waals surface area contributed by atoms with Crippen molar-refractivity contribution in [3.63, 3.8) is 0 Å². The van der Waals surface area contributed by atoms with E-state index in [-0.39, 0.29) is 11.8 Å². The molecule has 13 heavy (non-hydrogen) atoms. The predicted octanol–water partition coefficient (Wildman–Crippen LogP) is 2.27. The molecule has 0 spiro atoms. The Balaban J connectivity index is 2.63. The van der Waals surface area contributed by atoms with E-state index in [4.69, 9.17) is 5.73 Å². The quantitative estimate of drug-likeness (QED) is 0.744. The first-order chi connectivity index (χ1) is 6.20. The molecule has 0 fully saturated rings. The van der Waals surface area contributed by atoms with Crippen molar-refractivity contribution in [2.45, 2.75) is 18.9 Å². The fraction of sp³-hybridized carbons (Fsp3) is 0.300. The number of carbonyl (C=O) groups excluding carboxylic acids is 1. The van der Waals surface area contributed by atoms with Gasteiger partial charge in [0, 0.05) is 21.6 Å². The van der Waals surface area contributed by atoms with Gasteiger partial charge in [-0.3, -0.25) is 4.79 Å². The average Bonchev–Trinajstić information content (AvgIpc) is 2.12. The lowest BCUT2D eigenvalue weighted by Gasteiger charge is -2.22. The van der Waals surface area contributed by atoms with Crippen LogP contribution in [-0.4, -0.2) is 5.78 Å². The predicted molar refractivity (Wildman–Crippen MR) is 59.7 cm³/mol. The van der Waals surface area contributed by atoms with Gasteiger partial charge >= 0.3 is 0 Å². The van der Waals surface area contributed by atoms with E-state index < -0.39 is 0 Å². The number of benzene rings is 1. The summed E-state index contributed by atoms with van der Waals surface area (Å²) < 4.78 is 1.11. The van der Waals surface area contributed by atoms with Crippen molar-refractivity contribution in [1.29, 1.82) is 0 Å². The molecule has 2 rings (SSSR count). The van der Waals surface area contributed by atoms with Crippen LogP contribution in [0.3, 0.4) is 0 Å². The number of rotatable bonds is 0. The monoisotopic (exact) mass is 287 g/mol. The Morgan fingerprint density at radius 2 is 2.23 bits per heavy atom. The first-order valence-corrected chi connectivity index (χ1v) is 5.35. The minimum absolute atomic E-state index is 0.0424. The van der Waals surface area contributed by atoms with Gasteiger partial charge < -0.3 is 5.73 Å². The van der Waals surface area contributed by atoms with E-state index in [1.165, 1.54) is 0 Å². The van der Waals surface area contributed by atoms with Crippen LogP contribution in [0.15, 0.2) is 18.2 Å². The lowest BCUT2D eigenvalue weighted by atomic mass is 9.87. The Morgan fingerprint density at radius 1 is 1.46 bits per heavy atom.